The third-order valence-electron chi connectivity index (χ3n) is 3.66. The van der Waals surface area contributed by atoms with Gasteiger partial charge in [-0.25, -0.2) is 4.39 Å². The summed E-state index contributed by atoms with van der Waals surface area (Å²) in [6.45, 7) is 8.00. The van der Waals surface area contributed by atoms with Crippen LogP contribution in [0.5, 0.6) is 0 Å². The highest BCUT2D eigenvalue weighted by atomic mass is 19.1. The number of benzene rings is 3. The molecule has 0 aliphatic heterocycles. The minimum Gasteiger partial charge on any atom is -0.309 e. The van der Waals surface area contributed by atoms with E-state index in [4.69, 9.17) is 0 Å². The van der Waals surface area contributed by atoms with Gasteiger partial charge in [0.25, 0.3) is 0 Å². The fraction of sp³-hybridized carbons (Fsp3) is 0.182. The average molecular weight is 321 g/mol. The third-order valence-corrected chi connectivity index (χ3v) is 3.66. The Hall–Kier alpha value is -2.61. The zero-order valence-electron chi connectivity index (χ0n) is 14.8. The van der Waals surface area contributed by atoms with Gasteiger partial charge in [0.05, 0.1) is 11.0 Å². The molecule has 0 saturated carbocycles. The number of aromatic nitrogens is 1. The maximum atomic E-state index is 13.1. The van der Waals surface area contributed by atoms with Crippen LogP contribution in [0.1, 0.15) is 27.7 Å². The Morgan fingerprint density at radius 1 is 0.583 bits per heavy atom. The predicted octanol–water partition coefficient (Wildman–Crippen LogP) is 6.98. The largest absolute Gasteiger partial charge is 0.309 e. The zero-order valence-corrected chi connectivity index (χ0v) is 14.8. The molecule has 3 aromatic carbocycles. The Kier molecular flexibility index (Phi) is 6.14. The summed E-state index contributed by atoms with van der Waals surface area (Å²) in [6, 6.07) is 23.2. The summed E-state index contributed by atoms with van der Waals surface area (Å²) < 4.78 is 15.3. The van der Waals surface area contributed by atoms with Gasteiger partial charge in [-0.2, -0.15) is 0 Å². The van der Waals surface area contributed by atoms with Crippen LogP contribution in [-0.2, 0) is 0 Å². The zero-order chi connectivity index (χ0) is 17.5. The fourth-order valence-corrected chi connectivity index (χ4v) is 2.79. The monoisotopic (exact) mass is 321 g/mol. The number of para-hydroxylation sites is 2. The lowest BCUT2D eigenvalue weighted by Crippen LogP contribution is -1.93. The van der Waals surface area contributed by atoms with E-state index in [1.165, 1.54) is 22.9 Å². The molecule has 1 heterocycles. The summed E-state index contributed by atoms with van der Waals surface area (Å²) in [7, 11) is 0. The number of halogens is 1. The van der Waals surface area contributed by atoms with E-state index in [1.54, 1.807) is 0 Å². The van der Waals surface area contributed by atoms with E-state index in [-0.39, 0.29) is 5.82 Å². The van der Waals surface area contributed by atoms with E-state index in [9.17, 15) is 4.39 Å². The highest BCUT2D eigenvalue weighted by Gasteiger charge is 2.10. The minimum atomic E-state index is -0.213. The molecule has 1 nitrogen and oxygen atoms in total. The average Bonchev–Trinajstić information content (AvgIpc) is 3.00. The molecule has 0 amide bonds. The number of hydrogen-bond acceptors (Lipinski definition) is 0. The van der Waals surface area contributed by atoms with Gasteiger partial charge in [-0.3, -0.25) is 0 Å². The molecule has 0 unspecified atom stereocenters. The number of fused-ring (bicyclic) bond motifs is 3. The van der Waals surface area contributed by atoms with Crippen molar-refractivity contribution in [3.05, 3.63) is 78.6 Å². The predicted molar refractivity (Wildman–Crippen MR) is 103 cm³/mol. The molecule has 24 heavy (non-hydrogen) atoms. The lowest BCUT2D eigenvalue weighted by atomic mass is 10.2. The van der Waals surface area contributed by atoms with Gasteiger partial charge in [0.1, 0.15) is 5.82 Å². The van der Waals surface area contributed by atoms with Crippen molar-refractivity contribution in [1.29, 1.82) is 0 Å². The Morgan fingerprint density at radius 3 is 1.46 bits per heavy atom. The molecule has 0 radical (unpaired) electrons. The lowest BCUT2D eigenvalue weighted by molar-refractivity contribution is 0.627. The Balaban J connectivity index is 0.000000487. The van der Waals surface area contributed by atoms with Crippen LogP contribution in [0.15, 0.2) is 72.8 Å². The van der Waals surface area contributed by atoms with Crippen molar-refractivity contribution in [3.63, 3.8) is 0 Å². The smallest absolute Gasteiger partial charge is 0.123 e. The third kappa shape index (κ3) is 3.18. The lowest BCUT2D eigenvalue weighted by Gasteiger charge is -2.07. The van der Waals surface area contributed by atoms with Crippen molar-refractivity contribution in [2.75, 3.05) is 0 Å². The van der Waals surface area contributed by atoms with Crippen molar-refractivity contribution < 1.29 is 4.39 Å². The highest BCUT2D eigenvalue weighted by Crippen LogP contribution is 2.31. The molecule has 4 aromatic rings. The van der Waals surface area contributed by atoms with Crippen molar-refractivity contribution >= 4 is 21.8 Å². The summed E-state index contributed by atoms with van der Waals surface area (Å²) in [5.74, 6) is -0.213. The fourth-order valence-electron chi connectivity index (χ4n) is 2.79. The van der Waals surface area contributed by atoms with Crippen molar-refractivity contribution in [2.24, 2.45) is 0 Å². The quantitative estimate of drug-likeness (QED) is 0.356. The van der Waals surface area contributed by atoms with Crippen molar-refractivity contribution in [2.45, 2.75) is 27.7 Å². The van der Waals surface area contributed by atoms with Crippen LogP contribution in [0.25, 0.3) is 27.5 Å². The van der Waals surface area contributed by atoms with Crippen LogP contribution in [0.2, 0.25) is 0 Å². The van der Waals surface area contributed by atoms with Gasteiger partial charge in [-0.05, 0) is 36.4 Å². The Morgan fingerprint density at radius 2 is 1.00 bits per heavy atom. The first-order chi connectivity index (χ1) is 11.8. The Labute approximate surface area is 143 Å². The Bertz CT molecular complexity index is 851. The highest BCUT2D eigenvalue weighted by molar-refractivity contribution is 6.09. The van der Waals surface area contributed by atoms with Crippen molar-refractivity contribution in [1.82, 2.24) is 4.57 Å². The molecule has 2 heteroatoms. The van der Waals surface area contributed by atoms with Crippen LogP contribution in [0, 0.1) is 5.82 Å². The summed E-state index contributed by atoms with van der Waals surface area (Å²) in [4.78, 5) is 0. The summed E-state index contributed by atoms with van der Waals surface area (Å²) in [6.07, 6.45) is 0. The summed E-state index contributed by atoms with van der Waals surface area (Å²) in [5, 5.41) is 2.43. The normalized spacial score (nSPS) is 9.88. The van der Waals surface area contributed by atoms with E-state index < -0.39 is 0 Å². The second-order valence-corrected chi connectivity index (χ2v) is 4.85. The van der Waals surface area contributed by atoms with Crippen LogP contribution >= 0.6 is 0 Å². The van der Waals surface area contributed by atoms with E-state index >= 15 is 0 Å². The number of nitrogens with zero attached hydrogens (tertiary/aromatic N) is 1. The van der Waals surface area contributed by atoms with Crippen LogP contribution in [0.4, 0.5) is 4.39 Å². The minimum absolute atomic E-state index is 0.213. The molecule has 0 atom stereocenters. The first kappa shape index (κ1) is 17.7. The maximum Gasteiger partial charge on any atom is 0.123 e. The SMILES string of the molecule is CC.CC.Fc1ccc(-n2c3ccccc3c3ccccc32)cc1. The van der Waals surface area contributed by atoms with Gasteiger partial charge >= 0.3 is 0 Å². The molecule has 0 spiro atoms. The van der Waals surface area contributed by atoms with E-state index in [0.717, 1.165) is 16.7 Å². The molecule has 0 aliphatic rings. The second-order valence-electron chi connectivity index (χ2n) is 4.85. The molecule has 0 bridgehead atoms. The van der Waals surface area contributed by atoms with Crippen LogP contribution < -0.4 is 0 Å². The van der Waals surface area contributed by atoms with Crippen molar-refractivity contribution in [3.8, 4) is 5.69 Å². The summed E-state index contributed by atoms with van der Waals surface area (Å²) >= 11 is 0. The topological polar surface area (TPSA) is 4.93 Å². The molecule has 0 N–H and O–H groups in total. The van der Waals surface area contributed by atoms with Gasteiger partial charge in [0.2, 0.25) is 0 Å². The number of rotatable bonds is 1. The first-order valence-electron chi connectivity index (χ1n) is 8.59. The van der Waals surface area contributed by atoms with E-state index in [2.05, 4.69) is 28.8 Å². The standard InChI is InChI=1S/C18H12FN.2C2H6/c19-13-9-11-14(12-10-13)20-17-7-3-1-5-15(17)16-6-2-4-8-18(16)20;2*1-2/h1-12H;2*1-2H3. The molecule has 124 valence electrons. The van der Waals surface area contributed by atoms with Gasteiger partial charge in [-0.15, -0.1) is 0 Å². The van der Waals surface area contributed by atoms with E-state index in [1.807, 2.05) is 64.1 Å². The second kappa shape index (κ2) is 8.30. The molecule has 4 rings (SSSR count). The molecule has 1 aromatic heterocycles. The summed E-state index contributed by atoms with van der Waals surface area (Å²) in [5.41, 5.74) is 3.25. The van der Waals surface area contributed by atoms with E-state index in [0.29, 0.717) is 0 Å². The van der Waals surface area contributed by atoms with Crippen LogP contribution in [-0.4, -0.2) is 4.57 Å². The first-order valence-corrected chi connectivity index (χ1v) is 8.59. The van der Waals surface area contributed by atoms with Gasteiger partial charge in [0.15, 0.2) is 0 Å². The van der Waals surface area contributed by atoms with Gasteiger partial charge in [0, 0.05) is 16.5 Å². The van der Waals surface area contributed by atoms with Gasteiger partial charge in [-0.1, -0.05) is 64.1 Å². The molecular formula is C22H24FN. The molecule has 0 fully saturated rings. The van der Waals surface area contributed by atoms with Crippen LogP contribution in [0.3, 0.4) is 0 Å². The molecule has 0 aliphatic carbocycles. The van der Waals surface area contributed by atoms with Gasteiger partial charge < -0.3 is 4.57 Å². The maximum absolute atomic E-state index is 13.1. The number of hydrogen-bond donors (Lipinski definition) is 0. The molecular weight excluding hydrogens is 297 g/mol. The molecule has 0 saturated heterocycles.